The maximum Gasteiger partial charge on any atom is 0.339 e. The number of rotatable bonds is 9. The van der Waals surface area contributed by atoms with Gasteiger partial charge >= 0.3 is 5.97 Å². The Morgan fingerprint density at radius 2 is 1.76 bits per heavy atom. The predicted molar refractivity (Wildman–Crippen MR) is 124 cm³/mol. The summed E-state index contributed by atoms with van der Waals surface area (Å²) in [4.78, 5) is 54.3. The van der Waals surface area contributed by atoms with Gasteiger partial charge in [-0.1, -0.05) is 31.2 Å². The van der Waals surface area contributed by atoms with Crippen molar-refractivity contribution in [2.75, 3.05) is 19.0 Å². The topological polar surface area (TPSA) is 119 Å². The molecule has 0 bridgehead atoms. The summed E-state index contributed by atoms with van der Waals surface area (Å²) in [6, 6.07) is 13.4. The lowest BCUT2D eigenvalue weighted by molar-refractivity contribution is -0.121. The van der Waals surface area contributed by atoms with Crippen LogP contribution in [0.2, 0.25) is 0 Å². The summed E-state index contributed by atoms with van der Waals surface area (Å²) < 4.78 is 6.08. The van der Waals surface area contributed by atoms with Gasteiger partial charge in [-0.3, -0.25) is 19.0 Å². The maximum atomic E-state index is 13.1. The first-order valence-electron chi connectivity index (χ1n) is 10.7. The van der Waals surface area contributed by atoms with Crippen LogP contribution in [0.3, 0.4) is 0 Å². The van der Waals surface area contributed by atoms with E-state index in [0.29, 0.717) is 17.6 Å². The number of fused-ring (bicyclic) bond motifs is 1. The molecule has 2 amide bonds. The molecule has 3 aromatic rings. The number of esters is 1. The summed E-state index contributed by atoms with van der Waals surface area (Å²) in [6.07, 6.45) is 1.10. The van der Waals surface area contributed by atoms with Gasteiger partial charge in [0.15, 0.2) is 0 Å². The van der Waals surface area contributed by atoms with Gasteiger partial charge in [0.05, 0.1) is 29.4 Å². The van der Waals surface area contributed by atoms with Gasteiger partial charge < -0.3 is 15.4 Å². The smallest absolute Gasteiger partial charge is 0.339 e. The maximum absolute atomic E-state index is 13.1. The molecule has 0 saturated heterocycles. The third-order valence-corrected chi connectivity index (χ3v) is 4.99. The average molecular weight is 450 g/mol. The summed E-state index contributed by atoms with van der Waals surface area (Å²) in [7, 11) is 1.26. The van der Waals surface area contributed by atoms with Crippen molar-refractivity contribution >= 4 is 34.5 Å². The molecule has 172 valence electrons. The second-order valence-corrected chi connectivity index (χ2v) is 7.37. The van der Waals surface area contributed by atoms with E-state index in [-0.39, 0.29) is 42.2 Å². The number of para-hydroxylation sites is 3. The van der Waals surface area contributed by atoms with Gasteiger partial charge in [0.25, 0.3) is 5.56 Å². The molecule has 33 heavy (non-hydrogen) atoms. The fraction of sp³-hybridized carbons (Fsp3) is 0.292. The Morgan fingerprint density at radius 3 is 2.52 bits per heavy atom. The number of nitrogens with zero attached hydrogens (tertiary/aromatic N) is 2. The van der Waals surface area contributed by atoms with Gasteiger partial charge in [-0.25, -0.2) is 9.78 Å². The molecule has 0 aliphatic carbocycles. The zero-order valence-corrected chi connectivity index (χ0v) is 18.6. The van der Waals surface area contributed by atoms with E-state index in [2.05, 4.69) is 15.6 Å². The molecule has 1 aromatic heterocycles. The van der Waals surface area contributed by atoms with Crippen molar-refractivity contribution in [2.24, 2.45) is 0 Å². The van der Waals surface area contributed by atoms with E-state index in [1.54, 1.807) is 42.5 Å². The van der Waals surface area contributed by atoms with Crippen LogP contribution in [0, 0.1) is 0 Å². The Labute approximate surface area is 190 Å². The number of amides is 2. The lowest BCUT2D eigenvalue weighted by Crippen LogP contribution is -2.32. The molecule has 0 radical (unpaired) electrons. The lowest BCUT2D eigenvalue weighted by Gasteiger charge is -2.14. The molecule has 3 rings (SSSR count). The Hall–Kier alpha value is -4.01. The largest absolute Gasteiger partial charge is 0.465 e. The summed E-state index contributed by atoms with van der Waals surface area (Å²) in [5.74, 6) is -1.23. The Bertz CT molecular complexity index is 1230. The lowest BCUT2D eigenvalue weighted by atomic mass is 10.1. The highest BCUT2D eigenvalue weighted by Gasteiger charge is 2.17. The molecule has 0 aliphatic heterocycles. The highest BCUT2D eigenvalue weighted by atomic mass is 16.5. The number of carbonyl (C=O) groups is 3. The standard InChI is InChI=1S/C24H26N4O5/c1-3-14-25-21(29)13-12-19-23(31)28(20-11-7-6-10-18(20)26-19)15-22(30)27-17-9-5-4-8-16(17)24(32)33-2/h4-11H,3,12-15H2,1-2H3,(H,25,29)(H,27,30). The van der Waals surface area contributed by atoms with Crippen LogP contribution < -0.4 is 16.2 Å². The van der Waals surface area contributed by atoms with Crippen molar-refractivity contribution in [3.63, 3.8) is 0 Å². The summed E-state index contributed by atoms with van der Waals surface area (Å²) in [5, 5.41) is 5.45. The van der Waals surface area contributed by atoms with Gasteiger partial charge in [-0.15, -0.1) is 0 Å². The molecule has 9 nitrogen and oxygen atoms in total. The Kier molecular flexibility index (Phi) is 7.91. The Balaban J connectivity index is 1.87. The number of hydrogen-bond acceptors (Lipinski definition) is 6. The van der Waals surface area contributed by atoms with Crippen LogP contribution in [-0.2, 0) is 27.3 Å². The average Bonchev–Trinajstić information content (AvgIpc) is 2.83. The number of aryl methyl sites for hydroxylation is 1. The third kappa shape index (κ3) is 5.82. The van der Waals surface area contributed by atoms with E-state index in [9.17, 15) is 19.2 Å². The van der Waals surface area contributed by atoms with E-state index < -0.39 is 17.4 Å². The zero-order valence-electron chi connectivity index (χ0n) is 18.6. The van der Waals surface area contributed by atoms with Gasteiger partial charge in [-0.2, -0.15) is 0 Å². The van der Waals surface area contributed by atoms with Crippen LogP contribution in [0.15, 0.2) is 53.3 Å². The molecule has 2 N–H and O–H groups in total. The van der Waals surface area contributed by atoms with Crippen molar-refractivity contribution < 1.29 is 19.1 Å². The SMILES string of the molecule is CCCNC(=O)CCc1nc2ccccc2n(CC(=O)Nc2ccccc2C(=O)OC)c1=O. The number of carbonyl (C=O) groups excluding carboxylic acids is 3. The quantitative estimate of drug-likeness (QED) is 0.483. The minimum atomic E-state index is -0.582. The first-order chi connectivity index (χ1) is 15.9. The number of hydrogen-bond donors (Lipinski definition) is 2. The summed E-state index contributed by atoms with van der Waals surface area (Å²) in [5.41, 5.74) is 1.31. The molecule has 9 heteroatoms. The monoisotopic (exact) mass is 450 g/mol. The zero-order chi connectivity index (χ0) is 23.8. The predicted octanol–water partition coefficient (Wildman–Crippen LogP) is 2.28. The number of methoxy groups -OCH3 is 1. The van der Waals surface area contributed by atoms with Crippen molar-refractivity contribution in [2.45, 2.75) is 32.7 Å². The van der Waals surface area contributed by atoms with Crippen LogP contribution in [0.1, 0.15) is 35.8 Å². The van der Waals surface area contributed by atoms with Crippen molar-refractivity contribution in [3.8, 4) is 0 Å². The number of aromatic nitrogens is 2. The third-order valence-electron chi connectivity index (χ3n) is 4.99. The van der Waals surface area contributed by atoms with Crippen LogP contribution >= 0.6 is 0 Å². The minimum absolute atomic E-state index is 0.124. The molecule has 0 saturated carbocycles. The summed E-state index contributed by atoms with van der Waals surface area (Å²) >= 11 is 0. The normalized spacial score (nSPS) is 10.6. The van der Waals surface area contributed by atoms with E-state index in [4.69, 9.17) is 4.74 Å². The highest BCUT2D eigenvalue weighted by Crippen LogP contribution is 2.17. The molecule has 2 aromatic carbocycles. The molecule has 0 fully saturated rings. The van der Waals surface area contributed by atoms with Crippen LogP contribution in [0.5, 0.6) is 0 Å². The molecule has 0 spiro atoms. The minimum Gasteiger partial charge on any atom is -0.465 e. The highest BCUT2D eigenvalue weighted by molar-refractivity contribution is 6.01. The van der Waals surface area contributed by atoms with Crippen LogP contribution in [0.25, 0.3) is 11.0 Å². The molecule has 0 unspecified atom stereocenters. The molecule has 1 heterocycles. The van der Waals surface area contributed by atoms with Gasteiger partial charge in [0.2, 0.25) is 11.8 Å². The van der Waals surface area contributed by atoms with Gasteiger partial charge in [0, 0.05) is 19.4 Å². The Morgan fingerprint density at radius 1 is 1.03 bits per heavy atom. The summed E-state index contributed by atoms with van der Waals surface area (Å²) in [6.45, 7) is 2.24. The number of anilines is 1. The van der Waals surface area contributed by atoms with Gasteiger partial charge in [0.1, 0.15) is 12.2 Å². The van der Waals surface area contributed by atoms with E-state index in [1.807, 2.05) is 6.92 Å². The number of ether oxygens (including phenoxy) is 1. The van der Waals surface area contributed by atoms with Crippen molar-refractivity contribution in [1.29, 1.82) is 0 Å². The number of benzene rings is 2. The fourth-order valence-electron chi connectivity index (χ4n) is 3.36. The van der Waals surface area contributed by atoms with Crippen molar-refractivity contribution in [1.82, 2.24) is 14.9 Å². The molecular formula is C24H26N4O5. The molecular weight excluding hydrogens is 424 g/mol. The van der Waals surface area contributed by atoms with Crippen molar-refractivity contribution in [3.05, 3.63) is 70.1 Å². The van der Waals surface area contributed by atoms with Gasteiger partial charge in [-0.05, 0) is 30.7 Å². The second-order valence-electron chi connectivity index (χ2n) is 7.37. The number of nitrogens with one attached hydrogen (secondary N) is 2. The second kappa shape index (κ2) is 11.0. The van der Waals surface area contributed by atoms with E-state index in [1.165, 1.54) is 17.7 Å². The van der Waals surface area contributed by atoms with E-state index in [0.717, 1.165) is 6.42 Å². The first-order valence-corrected chi connectivity index (χ1v) is 10.7. The van der Waals surface area contributed by atoms with Crippen LogP contribution in [-0.4, -0.2) is 41.0 Å². The molecule has 0 atom stereocenters. The van der Waals surface area contributed by atoms with E-state index >= 15 is 0 Å². The first kappa shape index (κ1) is 23.6. The molecule has 0 aliphatic rings. The van der Waals surface area contributed by atoms with Crippen LogP contribution in [0.4, 0.5) is 5.69 Å². The fourth-order valence-corrected chi connectivity index (χ4v) is 3.36.